The van der Waals surface area contributed by atoms with Crippen LogP contribution in [0.5, 0.6) is 0 Å². The minimum absolute atomic E-state index is 0.145. The summed E-state index contributed by atoms with van der Waals surface area (Å²) < 4.78 is 25.3. The fourth-order valence-corrected chi connectivity index (χ4v) is 3.59. The average Bonchev–Trinajstić information content (AvgIpc) is 2.33. The minimum Gasteiger partial charge on any atom is -0.399 e. The Morgan fingerprint density at radius 2 is 1.74 bits per heavy atom. The Morgan fingerprint density at radius 1 is 1.11 bits per heavy atom. The Labute approximate surface area is 125 Å². The largest absolute Gasteiger partial charge is 0.399 e. The van der Waals surface area contributed by atoms with Crippen molar-refractivity contribution in [1.29, 1.82) is 0 Å². The van der Waals surface area contributed by atoms with Gasteiger partial charge in [-0.1, -0.05) is 33.6 Å². The first-order valence-corrected chi connectivity index (χ1v) is 8.23. The number of nitrogen functional groups attached to an aromatic ring is 1. The van der Waals surface area contributed by atoms with Crippen LogP contribution < -0.4 is 5.73 Å². The van der Waals surface area contributed by atoms with Crippen molar-refractivity contribution in [1.82, 2.24) is 0 Å². The van der Waals surface area contributed by atoms with E-state index >= 15 is 0 Å². The Bertz CT molecular complexity index is 699. The van der Waals surface area contributed by atoms with E-state index in [9.17, 15) is 8.42 Å². The molecule has 0 heterocycles. The van der Waals surface area contributed by atoms with Gasteiger partial charge < -0.3 is 5.73 Å². The van der Waals surface area contributed by atoms with E-state index in [1.807, 2.05) is 0 Å². The van der Waals surface area contributed by atoms with Crippen LogP contribution >= 0.6 is 27.5 Å². The molecule has 19 heavy (non-hydrogen) atoms. The van der Waals surface area contributed by atoms with Crippen LogP contribution in [0.15, 0.2) is 51.8 Å². The highest BCUT2D eigenvalue weighted by atomic mass is 79.9. The van der Waals surface area contributed by atoms with Gasteiger partial charge in [-0.25, -0.2) is 8.42 Å². The van der Waals surface area contributed by atoms with Crippen molar-refractivity contribution >= 4 is 43.1 Å². The van der Waals surface area contributed by atoms with Crippen molar-refractivity contribution in [3.05, 3.63) is 57.5 Å². The molecule has 2 aromatic rings. The molecule has 0 aliphatic heterocycles. The number of hydrogen-bond acceptors (Lipinski definition) is 3. The molecular formula is C13H11BrClNO2S. The zero-order valence-electron chi connectivity index (χ0n) is 9.81. The highest BCUT2D eigenvalue weighted by Gasteiger charge is 2.17. The summed E-state index contributed by atoms with van der Waals surface area (Å²) in [5.41, 5.74) is 6.63. The zero-order valence-corrected chi connectivity index (χ0v) is 13.0. The van der Waals surface area contributed by atoms with Crippen LogP contribution in [0.1, 0.15) is 5.56 Å². The second kappa shape index (κ2) is 5.53. The van der Waals surface area contributed by atoms with E-state index in [4.69, 9.17) is 17.3 Å². The van der Waals surface area contributed by atoms with Gasteiger partial charge in [0, 0.05) is 15.2 Å². The van der Waals surface area contributed by atoms with E-state index in [2.05, 4.69) is 15.9 Å². The molecule has 0 unspecified atom stereocenters. The monoisotopic (exact) mass is 359 g/mol. The minimum atomic E-state index is -3.41. The van der Waals surface area contributed by atoms with Gasteiger partial charge >= 0.3 is 0 Å². The molecule has 6 heteroatoms. The fourth-order valence-electron chi connectivity index (χ4n) is 1.61. The van der Waals surface area contributed by atoms with Crippen LogP contribution in [0.3, 0.4) is 0 Å². The maximum absolute atomic E-state index is 12.2. The van der Waals surface area contributed by atoms with E-state index in [1.54, 1.807) is 42.5 Å². The third-order valence-electron chi connectivity index (χ3n) is 2.60. The Balaban J connectivity index is 2.33. The molecular weight excluding hydrogens is 350 g/mol. The first kappa shape index (κ1) is 14.4. The molecule has 2 N–H and O–H groups in total. The molecule has 3 nitrogen and oxygen atoms in total. The molecule has 0 bridgehead atoms. The molecule has 0 saturated carbocycles. The molecule has 0 radical (unpaired) electrons. The molecule has 2 aromatic carbocycles. The summed E-state index contributed by atoms with van der Waals surface area (Å²) in [5.74, 6) is -0.145. The standard InChI is InChI=1S/C13H11BrClNO2S/c14-10-2-5-12(6-3-10)19(17,18)8-9-1-4-11(16)7-13(9)15/h1-7H,8,16H2. The van der Waals surface area contributed by atoms with Crippen molar-refractivity contribution in [2.24, 2.45) is 0 Å². The number of sulfone groups is 1. The number of hydrogen-bond donors (Lipinski definition) is 1. The van der Waals surface area contributed by atoms with Gasteiger partial charge in [-0.05, 0) is 42.0 Å². The van der Waals surface area contributed by atoms with Crippen LogP contribution in [-0.2, 0) is 15.6 Å². The molecule has 0 spiro atoms. The van der Waals surface area contributed by atoms with Gasteiger partial charge in [0.25, 0.3) is 0 Å². The lowest BCUT2D eigenvalue weighted by molar-refractivity contribution is 0.595. The normalized spacial score (nSPS) is 11.5. The highest BCUT2D eigenvalue weighted by Crippen LogP contribution is 2.24. The second-order valence-electron chi connectivity index (χ2n) is 4.06. The molecule has 0 aliphatic rings. The molecule has 0 aromatic heterocycles. The van der Waals surface area contributed by atoms with Gasteiger partial charge in [0.05, 0.1) is 10.6 Å². The maximum Gasteiger partial charge on any atom is 0.182 e. The van der Waals surface area contributed by atoms with Crippen molar-refractivity contribution in [3.63, 3.8) is 0 Å². The predicted octanol–water partition coefficient (Wildman–Crippen LogP) is 3.66. The Hall–Kier alpha value is -1.04. The quantitative estimate of drug-likeness (QED) is 0.850. The summed E-state index contributed by atoms with van der Waals surface area (Å²) in [4.78, 5) is 0.267. The lowest BCUT2D eigenvalue weighted by Gasteiger charge is -2.07. The van der Waals surface area contributed by atoms with E-state index in [-0.39, 0.29) is 10.6 Å². The topological polar surface area (TPSA) is 60.2 Å². The fraction of sp³-hybridized carbons (Fsp3) is 0.0769. The Kier molecular flexibility index (Phi) is 4.18. The van der Waals surface area contributed by atoms with Crippen molar-refractivity contribution in [2.45, 2.75) is 10.6 Å². The third-order valence-corrected chi connectivity index (χ3v) is 5.16. The summed E-state index contributed by atoms with van der Waals surface area (Å²) in [6.07, 6.45) is 0. The van der Waals surface area contributed by atoms with Gasteiger partial charge in [-0.15, -0.1) is 0 Å². The van der Waals surface area contributed by atoms with Gasteiger partial charge in [0.2, 0.25) is 0 Å². The Morgan fingerprint density at radius 3 is 2.32 bits per heavy atom. The van der Waals surface area contributed by atoms with Crippen molar-refractivity contribution < 1.29 is 8.42 Å². The number of benzene rings is 2. The average molecular weight is 361 g/mol. The molecule has 0 fully saturated rings. The second-order valence-corrected chi connectivity index (χ2v) is 7.38. The smallest absolute Gasteiger partial charge is 0.182 e. The molecule has 0 amide bonds. The molecule has 2 rings (SSSR count). The summed E-state index contributed by atoms with van der Waals surface area (Å²) in [7, 11) is -3.41. The number of anilines is 1. The van der Waals surface area contributed by atoms with Gasteiger partial charge in [0.15, 0.2) is 9.84 Å². The van der Waals surface area contributed by atoms with Crippen LogP contribution in [0.25, 0.3) is 0 Å². The molecule has 0 saturated heterocycles. The van der Waals surface area contributed by atoms with Gasteiger partial charge in [-0.2, -0.15) is 0 Å². The van der Waals surface area contributed by atoms with Gasteiger partial charge in [-0.3, -0.25) is 0 Å². The number of nitrogens with two attached hydrogens (primary N) is 1. The SMILES string of the molecule is Nc1ccc(CS(=O)(=O)c2ccc(Br)cc2)c(Cl)c1. The van der Waals surface area contributed by atoms with E-state index in [0.29, 0.717) is 16.3 Å². The molecule has 0 aliphatic carbocycles. The predicted molar refractivity (Wildman–Crippen MR) is 80.9 cm³/mol. The van der Waals surface area contributed by atoms with Gasteiger partial charge in [0.1, 0.15) is 0 Å². The first-order chi connectivity index (χ1) is 8.88. The summed E-state index contributed by atoms with van der Waals surface area (Å²) in [6, 6.07) is 11.3. The lowest BCUT2D eigenvalue weighted by atomic mass is 10.2. The first-order valence-electron chi connectivity index (χ1n) is 5.41. The van der Waals surface area contributed by atoms with E-state index in [0.717, 1.165) is 4.47 Å². The van der Waals surface area contributed by atoms with Crippen molar-refractivity contribution in [3.8, 4) is 0 Å². The summed E-state index contributed by atoms with van der Waals surface area (Å²) in [5, 5.41) is 0.362. The summed E-state index contributed by atoms with van der Waals surface area (Å²) in [6.45, 7) is 0. The number of halogens is 2. The van der Waals surface area contributed by atoms with E-state index < -0.39 is 9.84 Å². The molecule has 100 valence electrons. The lowest BCUT2D eigenvalue weighted by Crippen LogP contribution is -2.05. The maximum atomic E-state index is 12.2. The molecule has 0 atom stereocenters. The van der Waals surface area contributed by atoms with Crippen LogP contribution in [-0.4, -0.2) is 8.42 Å². The van der Waals surface area contributed by atoms with E-state index in [1.165, 1.54) is 0 Å². The zero-order chi connectivity index (χ0) is 14.0. The number of rotatable bonds is 3. The van der Waals surface area contributed by atoms with Crippen LogP contribution in [0, 0.1) is 0 Å². The van der Waals surface area contributed by atoms with Crippen LogP contribution in [0.4, 0.5) is 5.69 Å². The van der Waals surface area contributed by atoms with Crippen LogP contribution in [0.2, 0.25) is 5.02 Å². The summed E-state index contributed by atoms with van der Waals surface area (Å²) >= 11 is 9.27. The third kappa shape index (κ3) is 3.49. The highest BCUT2D eigenvalue weighted by molar-refractivity contribution is 9.10. The van der Waals surface area contributed by atoms with Crippen molar-refractivity contribution in [2.75, 3.05) is 5.73 Å².